The maximum atomic E-state index is 10.9. The van der Waals surface area contributed by atoms with Gasteiger partial charge in [-0.3, -0.25) is 0 Å². The van der Waals surface area contributed by atoms with E-state index in [1.54, 1.807) is 12.1 Å². The molecule has 0 heterocycles. The summed E-state index contributed by atoms with van der Waals surface area (Å²) in [7, 11) is 0. The summed E-state index contributed by atoms with van der Waals surface area (Å²) in [5, 5.41) is 12.3. The molecule has 17 heavy (non-hydrogen) atoms. The largest absolute Gasteiger partial charge is 0.478 e. The SMILES string of the molecule is CC(C)CC(C)Nc1cc(Br)cc(C(=O)O)c1. The average molecular weight is 300 g/mol. The molecule has 4 heteroatoms. The fraction of sp³-hybridized carbons (Fsp3) is 0.462. The molecule has 0 bridgehead atoms. The van der Waals surface area contributed by atoms with Crippen molar-refractivity contribution >= 4 is 27.6 Å². The summed E-state index contributed by atoms with van der Waals surface area (Å²) in [6, 6.07) is 5.47. The predicted octanol–water partition coefficient (Wildman–Crippen LogP) is 3.99. The second-order valence-corrected chi connectivity index (χ2v) is 5.62. The lowest BCUT2D eigenvalue weighted by Crippen LogP contribution is -2.17. The van der Waals surface area contributed by atoms with Crippen LogP contribution in [0.1, 0.15) is 37.6 Å². The molecule has 0 fully saturated rings. The van der Waals surface area contributed by atoms with E-state index >= 15 is 0 Å². The van der Waals surface area contributed by atoms with Crippen LogP contribution in [0.25, 0.3) is 0 Å². The summed E-state index contributed by atoms with van der Waals surface area (Å²) in [5.74, 6) is -0.297. The first-order chi connectivity index (χ1) is 7.88. The molecule has 1 aromatic carbocycles. The van der Waals surface area contributed by atoms with Crippen molar-refractivity contribution in [2.24, 2.45) is 5.92 Å². The maximum Gasteiger partial charge on any atom is 0.335 e. The Balaban J connectivity index is 2.80. The van der Waals surface area contributed by atoms with E-state index in [0.29, 0.717) is 17.5 Å². The highest BCUT2D eigenvalue weighted by Gasteiger charge is 2.09. The minimum Gasteiger partial charge on any atom is -0.478 e. The standard InChI is InChI=1S/C13H18BrNO2/c1-8(2)4-9(3)15-12-6-10(13(16)17)5-11(14)7-12/h5-9,15H,4H2,1-3H3,(H,16,17). The molecule has 1 unspecified atom stereocenters. The third-order valence-corrected chi connectivity index (χ3v) is 2.84. The van der Waals surface area contributed by atoms with Gasteiger partial charge >= 0.3 is 5.97 Å². The van der Waals surface area contributed by atoms with E-state index in [2.05, 4.69) is 42.0 Å². The highest BCUT2D eigenvalue weighted by Crippen LogP contribution is 2.21. The van der Waals surface area contributed by atoms with Crippen LogP contribution < -0.4 is 5.32 Å². The molecule has 1 aromatic rings. The minimum atomic E-state index is -0.911. The third-order valence-electron chi connectivity index (χ3n) is 2.38. The quantitative estimate of drug-likeness (QED) is 0.864. The van der Waals surface area contributed by atoms with Crippen LogP contribution in [0.15, 0.2) is 22.7 Å². The second kappa shape index (κ2) is 6.05. The summed E-state index contributed by atoms with van der Waals surface area (Å²) in [4.78, 5) is 10.9. The van der Waals surface area contributed by atoms with Gasteiger partial charge in [-0.15, -0.1) is 0 Å². The Bertz CT molecular complexity index is 404. The number of aromatic carboxylic acids is 1. The molecule has 1 rings (SSSR count). The Kier molecular flexibility index (Phi) is 5.00. The van der Waals surface area contributed by atoms with Gasteiger partial charge in [0.2, 0.25) is 0 Å². The first-order valence-electron chi connectivity index (χ1n) is 5.69. The van der Waals surface area contributed by atoms with E-state index in [-0.39, 0.29) is 0 Å². The molecule has 0 aromatic heterocycles. The fourth-order valence-electron chi connectivity index (χ4n) is 1.85. The van der Waals surface area contributed by atoms with Crippen LogP contribution in [0.3, 0.4) is 0 Å². The summed E-state index contributed by atoms with van der Waals surface area (Å²) in [5.41, 5.74) is 1.13. The molecule has 2 N–H and O–H groups in total. The van der Waals surface area contributed by atoms with Crippen molar-refractivity contribution in [3.05, 3.63) is 28.2 Å². The van der Waals surface area contributed by atoms with Gasteiger partial charge in [-0.05, 0) is 37.5 Å². The van der Waals surface area contributed by atoms with Gasteiger partial charge in [0.15, 0.2) is 0 Å². The third kappa shape index (κ3) is 4.77. The monoisotopic (exact) mass is 299 g/mol. The van der Waals surface area contributed by atoms with Crippen molar-refractivity contribution in [1.29, 1.82) is 0 Å². The van der Waals surface area contributed by atoms with Crippen molar-refractivity contribution < 1.29 is 9.90 Å². The Hall–Kier alpha value is -1.03. The van der Waals surface area contributed by atoms with Crippen molar-refractivity contribution in [3.63, 3.8) is 0 Å². The lowest BCUT2D eigenvalue weighted by molar-refractivity contribution is 0.0697. The van der Waals surface area contributed by atoms with E-state index in [9.17, 15) is 4.79 Å². The molecule has 0 amide bonds. The van der Waals surface area contributed by atoms with E-state index in [1.807, 2.05) is 6.07 Å². The Morgan fingerprint density at radius 1 is 1.35 bits per heavy atom. The summed E-state index contributed by atoms with van der Waals surface area (Å²) in [6.07, 6.45) is 1.05. The number of rotatable bonds is 5. The smallest absolute Gasteiger partial charge is 0.335 e. The highest BCUT2D eigenvalue weighted by atomic mass is 79.9. The van der Waals surface area contributed by atoms with Gasteiger partial charge in [0.1, 0.15) is 0 Å². The van der Waals surface area contributed by atoms with Gasteiger partial charge in [-0.1, -0.05) is 29.8 Å². The summed E-state index contributed by atoms with van der Waals surface area (Å²) < 4.78 is 0.775. The minimum absolute atomic E-state index is 0.290. The lowest BCUT2D eigenvalue weighted by Gasteiger charge is -2.17. The topological polar surface area (TPSA) is 49.3 Å². The molecule has 0 spiro atoms. The first kappa shape index (κ1) is 14.0. The number of hydrogen-bond acceptors (Lipinski definition) is 2. The normalized spacial score (nSPS) is 12.5. The van der Waals surface area contributed by atoms with E-state index in [1.165, 1.54) is 0 Å². The zero-order chi connectivity index (χ0) is 13.0. The number of halogens is 1. The van der Waals surface area contributed by atoms with Crippen LogP contribution >= 0.6 is 15.9 Å². The van der Waals surface area contributed by atoms with E-state index in [4.69, 9.17) is 5.11 Å². The molecule has 0 aliphatic heterocycles. The molecular formula is C13H18BrNO2. The Labute approximate surface area is 110 Å². The number of nitrogens with one attached hydrogen (secondary N) is 1. The molecule has 0 saturated heterocycles. The molecule has 1 atom stereocenters. The van der Waals surface area contributed by atoms with Gasteiger partial charge in [-0.2, -0.15) is 0 Å². The highest BCUT2D eigenvalue weighted by molar-refractivity contribution is 9.10. The maximum absolute atomic E-state index is 10.9. The molecule has 0 aliphatic rings. The lowest BCUT2D eigenvalue weighted by atomic mass is 10.0. The molecule has 0 radical (unpaired) electrons. The van der Waals surface area contributed by atoms with E-state index in [0.717, 1.165) is 16.6 Å². The number of carboxylic acids is 1. The molecule has 3 nitrogen and oxygen atoms in total. The van der Waals surface area contributed by atoms with Gasteiger partial charge in [-0.25, -0.2) is 4.79 Å². The number of anilines is 1. The van der Waals surface area contributed by atoms with Crippen molar-refractivity contribution in [2.75, 3.05) is 5.32 Å². The van der Waals surface area contributed by atoms with Crippen LogP contribution in [0.5, 0.6) is 0 Å². The first-order valence-corrected chi connectivity index (χ1v) is 6.48. The van der Waals surface area contributed by atoms with Crippen molar-refractivity contribution in [1.82, 2.24) is 0 Å². The van der Waals surface area contributed by atoms with Crippen LogP contribution in [0.4, 0.5) is 5.69 Å². The van der Waals surface area contributed by atoms with Gasteiger partial charge < -0.3 is 10.4 Å². The summed E-state index contributed by atoms with van der Waals surface area (Å²) in [6.45, 7) is 6.44. The zero-order valence-corrected chi connectivity index (χ0v) is 11.9. The summed E-state index contributed by atoms with van der Waals surface area (Å²) >= 11 is 3.32. The van der Waals surface area contributed by atoms with Crippen LogP contribution in [0, 0.1) is 5.92 Å². The zero-order valence-electron chi connectivity index (χ0n) is 10.3. The van der Waals surface area contributed by atoms with Crippen molar-refractivity contribution in [2.45, 2.75) is 33.2 Å². The Morgan fingerprint density at radius 3 is 2.53 bits per heavy atom. The van der Waals surface area contributed by atoms with Gasteiger partial charge in [0.25, 0.3) is 0 Å². The molecule has 94 valence electrons. The second-order valence-electron chi connectivity index (χ2n) is 4.71. The van der Waals surface area contributed by atoms with E-state index < -0.39 is 5.97 Å². The number of carboxylic acid groups (broad SMARTS) is 1. The molecule has 0 saturated carbocycles. The molecule has 0 aliphatic carbocycles. The van der Waals surface area contributed by atoms with Gasteiger partial charge in [0.05, 0.1) is 5.56 Å². The fourth-order valence-corrected chi connectivity index (χ4v) is 2.34. The number of hydrogen-bond donors (Lipinski definition) is 2. The van der Waals surface area contributed by atoms with Gasteiger partial charge in [0, 0.05) is 16.2 Å². The predicted molar refractivity (Wildman–Crippen MR) is 73.6 cm³/mol. The number of carbonyl (C=O) groups is 1. The van der Waals surface area contributed by atoms with Crippen LogP contribution in [-0.4, -0.2) is 17.1 Å². The Morgan fingerprint density at radius 2 is 2.00 bits per heavy atom. The number of benzene rings is 1. The molecular weight excluding hydrogens is 282 g/mol. The average Bonchev–Trinajstić information content (AvgIpc) is 2.14. The van der Waals surface area contributed by atoms with Crippen LogP contribution in [0.2, 0.25) is 0 Å². The van der Waals surface area contributed by atoms with Crippen LogP contribution in [-0.2, 0) is 0 Å². The van der Waals surface area contributed by atoms with Crippen molar-refractivity contribution in [3.8, 4) is 0 Å².